The van der Waals surface area contributed by atoms with E-state index in [-0.39, 0.29) is 0 Å². The molecular formula is C11H13N3S. The first-order valence-corrected chi connectivity index (χ1v) is 5.75. The molecule has 0 unspecified atom stereocenters. The van der Waals surface area contributed by atoms with E-state index in [4.69, 9.17) is 0 Å². The highest BCUT2D eigenvalue weighted by atomic mass is 32.1. The van der Waals surface area contributed by atoms with Crippen molar-refractivity contribution in [3.05, 3.63) is 39.8 Å². The summed E-state index contributed by atoms with van der Waals surface area (Å²) in [4.78, 5) is 8.63. The zero-order chi connectivity index (χ0) is 10.7. The maximum atomic E-state index is 4.31. The predicted octanol–water partition coefficient (Wildman–Crippen LogP) is 2.77. The van der Waals surface area contributed by atoms with Crippen molar-refractivity contribution in [3.8, 4) is 0 Å². The Labute approximate surface area is 93.2 Å². The first-order valence-electron chi connectivity index (χ1n) is 4.81. The monoisotopic (exact) mass is 219 g/mol. The molecule has 0 aliphatic carbocycles. The van der Waals surface area contributed by atoms with Crippen molar-refractivity contribution in [1.82, 2.24) is 9.97 Å². The molecule has 1 N–H and O–H groups in total. The van der Waals surface area contributed by atoms with E-state index in [1.54, 1.807) is 11.3 Å². The van der Waals surface area contributed by atoms with Crippen LogP contribution in [-0.2, 0) is 6.54 Å². The summed E-state index contributed by atoms with van der Waals surface area (Å²) in [5.74, 6) is 0.707. The van der Waals surface area contributed by atoms with E-state index >= 15 is 0 Å². The summed E-state index contributed by atoms with van der Waals surface area (Å²) in [7, 11) is 0. The molecule has 0 atom stereocenters. The van der Waals surface area contributed by atoms with E-state index in [9.17, 15) is 0 Å². The molecule has 0 saturated heterocycles. The highest BCUT2D eigenvalue weighted by Gasteiger charge is 1.99. The lowest BCUT2D eigenvalue weighted by molar-refractivity contribution is 1.01. The fraction of sp³-hybridized carbons (Fsp3) is 0.273. The van der Waals surface area contributed by atoms with Crippen molar-refractivity contribution in [2.45, 2.75) is 20.4 Å². The fourth-order valence-electron chi connectivity index (χ4n) is 1.38. The van der Waals surface area contributed by atoms with Crippen molar-refractivity contribution < 1.29 is 0 Å². The average Bonchev–Trinajstić information content (AvgIpc) is 2.65. The molecule has 0 aromatic carbocycles. The molecule has 2 heterocycles. The minimum absolute atomic E-state index is 0.707. The molecule has 0 spiro atoms. The maximum Gasteiger partial charge on any atom is 0.223 e. The summed E-state index contributed by atoms with van der Waals surface area (Å²) in [6.07, 6.45) is 0. The molecule has 0 bridgehead atoms. The molecule has 0 fully saturated rings. The van der Waals surface area contributed by atoms with E-state index < -0.39 is 0 Å². The summed E-state index contributed by atoms with van der Waals surface area (Å²) in [5, 5.41) is 7.40. The van der Waals surface area contributed by atoms with Crippen LogP contribution in [-0.4, -0.2) is 9.97 Å². The number of thiophene rings is 1. The third kappa shape index (κ3) is 2.76. The molecule has 2 aromatic rings. The number of rotatable bonds is 3. The Morgan fingerprint density at radius 1 is 1.27 bits per heavy atom. The van der Waals surface area contributed by atoms with Crippen LogP contribution in [0.3, 0.4) is 0 Å². The second-order valence-corrected chi connectivity index (χ2v) is 4.24. The summed E-state index contributed by atoms with van der Waals surface area (Å²) in [6, 6.07) is 4.07. The minimum Gasteiger partial charge on any atom is -0.350 e. The second-order valence-electron chi connectivity index (χ2n) is 3.46. The van der Waals surface area contributed by atoms with Crippen molar-refractivity contribution in [3.63, 3.8) is 0 Å². The van der Waals surface area contributed by atoms with Crippen molar-refractivity contribution in [2.75, 3.05) is 5.32 Å². The van der Waals surface area contributed by atoms with Gasteiger partial charge in [0, 0.05) is 17.9 Å². The van der Waals surface area contributed by atoms with Gasteiger partial charge in [-0.1, -0.05) is 0 Å². The second kappa shape index (κ2) is 4.40. The summed E-state index contributed by atoms with van der Waals surface area (Å²) in [5.41, 5.74) is 3.26. The third-order valence-corrected chi connectivity index (χ3v) is 2.75. The van der Waals surface area contributed by atoms with Crippen LogP contribution >= 0.6 is 11.3 Å². The normalized spacial score (nSPS) is 10.3. The van der Waals surface area contributed by atoms with Gasteiger partial charge in [-0.3, -0.25) is 0 Å². The standard InChI is InChI=1S/C11H13N3S/c1-8-5-9(2)14-11(13-8)12-6-10-3-4-15-7-10/h3-5,7H,6H2,1-2H3,(H,12,13,14). The van der Waals surface area contributed by atoms with Crippen LogP contribution in [0.5, 0.6) is 0 Å². The van der Waals surface area contributed by atoms with Gasteiger partial charge in [-0.05, 0) is 42.3 Å². The molecule has 0 saturated carbocycles. The van der Waals surface area contributed by atoms with Crippen LogP contribution < -0.4 is 5.32 Å². The Kier molecular flexibility index (Phi) is 2.97. The maximum absolute atomic E-state index is 4.31. The topological polar surface area (TPSA) is 37.8 Å². The molecular weight excluding hydrogens is 206 g/mol. The zero-order valence-electron chi connectivity index (χ0n) is 8.82. The lowest BCUT2D eigenvalue weighted by Crippen LogP contribution is -2.04. The van der Waals surface area contributed by atoms with Crippen LogP contribution in [0.2, 0.25) is 0 Å². The first kappa shape index (κ1) is 10.1. The lowest BCUT2D eigenvalue weighted by atomic mass is 10.3. The molecule has 15 heavy (non-hydrogen) atoms. The number of nitrogens with one attached hydrogen (secondary N) is 1. The zero-order valence-corrected chi connectivity index (χ0v) is 9.64. The van der Waals surface area contributed by atoms with Crippen LogP contribution in [0, 0.1) is 13.8 Å². The van der Waals surface area contributed by atoms with Gasteiger partial charge in [-0.2, -0.15) is 11.3 Å². The third-order valence-electron chi connectivity index (χ3n) is 2.01. The smallest absolute Gasteiger partial charge is 0.223 e. The van der Waals surface area contributed by atoms with Crippen LogP contribution in [0.25, 0.3) is 0 Å². The largest absolute Gasteiger partial charge is 0.350 e. The highest BCUT2D eigenvalue weighted by Crippen LogP contribution is 2.09. The Morgan fingerprint density at radius 3 is 2.60 bits per heavy atom. The Bertz CT molecular complexity index is 417. The van der Waals surface area contributed by atoms with Gasteiger partial charge in [0.15, 0.2) is 0 Å². The number of hydrogen-bond acceptors (Lipinski definition) is 4. The first-order chi connectivity index (χ1) is 7.24. The summed E-state index contributed by atoms with van der Waals surface area (Å²) in [6.45, 7) is 4.74. The molecule has 0 radical (unpaired) electrons. The van der Waals surface area contributed by atoms with Gasteiger partial charge in [-0.25, -0.2) is 9.97 Å². The van der Waals surface area contributed by atoms with Crippen LogP contribution in [0.15, 0.2) is 22.9 Å². The van der Waals surface area contributed by atoms with E-state index in [1.165, 1.54) is 5.56 Å². The highest BCUT2D eigenvalue weighted by molar-refractivity contribution is 7.07. The van der Waals surface area contributed by atoms with Crippen molar-refractivity contribution >= 4 is 17.3 Å². The average molecular weight is 219 g/mol. The predicted molar refractivity (Wildman–Crippen MR) is 63.2 cm³/mol. The molecule has 78 valence electrons. The molecule has 2 rings (SSSR count). The fourth-order valence-corrected chi connectivity index (χ4v) is 2.05. The summed E-state index contributed by atoms with van der Waals surface area (Å²) >= 11 is 1.70. The van der Waals surface area contributed by atoms with Gasteiger partial charge in [0.25, 0.3) is 0 Å². The lowest BCUT2D eigenvalue weighted by Gasteiger charge is -2.04. The molecule has 4 heteroatoms. The van der Waals surface area contributed by atoms with Crippen LogP contribution in [0.1, 0.15) is 17.0 Å². The van der Waals surface area contributed by atoms with E-state index in [0.717, 1.165) is 17.9 Å². The van der Waals surface area contributed by atoms with Gasteiger partial charge >= 0.3 is 0 Å². The van der Waals surface area contributed by atoms with Crippen LogP contribution in [0.4, 0.5) is 5.95 Å². The molecule has 0 amide bonds. The minimum atomic E-state index is 0.707. The molecule has 2 aromatic heterocycles. The van der Waals surface area contributed by atoms with E-state index in [0.29, 0.717) is 5.95 Å². The number of hydrogen-bond donors (Lipinski definition) is 1. The van der Waals surface area contributed by atoms with Gasteiger partial charge in [0.1, 0.15) is 0 Å². The Balaban J connectivity index is 2.05. The van der Waals surface area contributed by atoms with E-state index in [1.807, 2.05) is 19.9 Å². The molecule has 0 aliphatic rings. The number of aromatic nitrogens is 2. The number of nitrogens with zero attached hydrogens (tertiary/aromatic N) is 2. The quantitative estimate of drug-likeness (QED) is 0.862. The van der Waals surface area contributed by atoms with Gasteiger partial charge in [0.05, 0.1) is 0 Å². The van der Waals surface area contributed by atoms with Crippen molar-refractivity contribution in [2.24, 2.45) is 0 Å². The van der Waals surface area contributed by atoms with E-state index in [2.05, 4.69) is 32.1 Å². The Morgan fingerprint density at radius 2 is 2.00 bits per heavy atom. The SMILES string of the molecule is Cc1cc(C)nc(NCc2ccsc2)n1. The van der Waals surface area contributed by atoms with Gasteiger partial charge < -0.3 is 5.32 Å². The number of aryl methyl sites for hydroxylation is 2. The number of anilines is 1. The summed E-state index contributed by atoms with van der Waals surface area (Å²) < 4.78 is 0. The Hall–Kier alpha value is -1.42. The molecule has 0 aliphatic heterocycles. The van der Waals surface area contributed by atoms with Crippen molar-refractivity contribution in [1.29, 1.82) is 0 Å². The van der Waals surface area contributed by atoms with Gasteiger partial charge in [-0.15, -0.1) is 0 Å². The van der Waals surface area contributed by atoms with Gasteiger partial charge in [0.2, 0.25) is 5.95 Å². The molecule has 3 nitrogen and oxygen atoms in total.